The number of benzene rings is 1. The van der Waals surface area contributed by atoms with Crippen molar-refractivity contribution in [1.82, 2.24) is 8.75 Å². The zero-order chi connectivity index (χ0) is 11.5. The molecule has 4 nitrogen and oxygen atoms in total. The van der Waals surface area contributed by atoms with Crippen LogP contribution in [0, 0.1) is 5.82 Å². The highest BCUT2D eigenvalue weighted by Crippen LogP contribution is 2.30. The normalized spacial score (nSPS) is 10.2. The van der Waals surface area contributed by atoms with E-state index in [9.17, 15) is 4.39 Å². The third kappa shape index (κ3) is 2.23. The number of halogens is 2. The molecule has 0 bridgehead atoms. The van der Waals surface area contributed by atoms with Gasteiger partial charge in [0, 0.05) is 6.07 Å². The summed E-state index contributed by atoms with van der Waals surface area (Å²) in [7, 11) is 1.46. The van der Waals surface area contributed by atoms with E-state index in [0.717, 1.165) is 11.7 Å². The second-order valence-electron chi connectivity index (χ2n) is 2.87. The lowest BCUT2D eigenvalue weighted by molar-refractivity contribution is 0.413. The van der Waals surface area contributed by atoms with E-state index in [2.05, 4.69) is 14.1 Å². The summed E-state index contributed by atoms with van der Waals surface area (Å²) < 4.78 is 25.7. The summed E-state index contributed by atoms with van der Waals surface area (Å²) in [5.74, 6) is 0.436. The van der Waals surface area contributed by atoms with Crippen LogP contribution in [0.15, 0.2) is 18.2 Å². The van der Waals surface area contributed by atoms with Gasteiger partial charge in [0.25, 0.3) is 0 Å². The topological polar surface area (TPSA) is 47.0 Å². The minimum Gasteiger partial charge on any atom is -0.494 e. The molecule has 1 N–H and O–H groups in total. The molecule has 0 amide bonds. The van der Waals surface area contributed by atoms with Gasteiger partial charge in [-0.05, 0) is 12.1 Å². The molecule has 0 spiro atoms. The molecule has 1 aromatic carbocycles. The Kier molecular flexibility index (Phi) is 3.21. The largest absolute Gasteiger partial charge is 0.494 e. The van der Waals surface area contributed by atoms with Crippen molar-refractivity contribution in [2.24, 2.45) is 0 Å². The molecule has 7 heteroatoms. The monoisotopic (exact) mass is 259 g/mol. The predicted molar refractivity (Wildman–Crippen MR) is 61.2 cm³/mol. The number of aromatic nitrogens is 2. The third-order valence-electron chi connectivity index (χ3n) is 1.87. The molecule has 0 atom stereocenters. The molecule has 0 aliphatic carbocycles. The molecular formula is C9H7ClFN3OS. The van der Waals surface area contributed by atoms with Crippen LogP contribution in [0.25, 0.3) is 0 Å². The number of nitrogens with one attached hydrogen (secondary N) is 1. The maximum atomic E-state index is 12.9. The van der Waals surface area contributed by atoms with Crippen molar-refractivity contribution in [1.29, 1.82) is 0 Å². The number of hydrogen-bond donors (Lipinski definition) is 1. The summed E-state index contributed by atoms with van der Waals surface area (Å²) in [6, 6.07) is 4.14. The van der Waals surface area contributed by atoms with Gasteiger partial charge in [-0.3, -0.25) is 0 Å². The zero-order valence-corrected chi connectivity index (χ0v) is 9.77. The average Bonchev–Trinajstić information content (AvgIpc) is 2.67. The third-order valence-corrected chi connectivity index (χ3v) is 2.76. The van der Waals surface area contributed by atoms with Gasteiger partial charge in [-0.25, -0.2) is 4.39 Å². The Balaban J connectivity index is 2.31. The number of rotatable bonds is 3. The molecule has 0 aliphatic rings. The van der Waals surface area contributed by atoms with Crippen LogP contribution in [0.1, 0.15) is 0 Å². The second-order valence-corrected chi connectivity index (χ2v) is 3.76. The Hall–Kier alpha value is -1.40. The van der Waals surface area contributed by atoms with Gasteiger partial charge in [-0.15, -0.1) is 0 Å². The van der Waals surface area contributed by atoms with Gasteiger partial charge < -0.3 is 10.1 Å². The molecule has 0 saturated carbocycles. The fourth-order valence-corrected chi connectivity index (χ4v) is 1.79. The highest BCUT2D eigenvalue weighted by atomic mass is 35.5. The minimum absolute atomic E-state index is 0.274. The summed E-state index contributed by atoms with van der Waals surface area (Å²) in [6.45, 7) is 0. The standard InChI is InChI=1S/C9H7ClFN3OS/c1-15-7-4-5(11)2-3-6(7)12-9-8(10)13-16-14-9/h2-4H,1H3,(H,12,14). The van der Waals surface area contributed by atoms with Crippen LogP contribution in [-0.2, 0) is 0 Å². The number of anilines is 2. The Morgan fingerprint density at radius 1 is 1.44 bits per heavy atom. The molecule has 0 fully saturated rings. The van der Waals surface area contributed by atoms with Gasteiger partial charge in [0.05, 0.1) is 24.5 Å². The van der Waals surface area contributed by atoms with Gasteiger partial charge in [-0.2, -0.15) is 8.75 Å². The quantitative estimate of drug-likeness (QED) is 0.920. The lowest BCUT2D eigenvalue weighted by Crippen LogP contribution is -1.95. The van der Waals surface area contributed by atoms with Gasteiger partial charge in [0.15, 0.2) is 11.0 Å². The van der Waals surface area contributed by atoms with Crippen LogP contribution in [0.3, 0.4) is 0 Å². The lowest BCUT2D eigenvalue weighted by atomic mass is 10.3. The van der Waals surface area contributed by atoms with Crippen molar-refractivity contribution in [3.63, 3.8) is 0 Å². The number of methoxy groups -OCH3 is 1. The highest BCUT2D eigenvalue weighted by Gasteiger charge is 2.09. The smallest absolute Gasteiger partial charge is 0.187 e. The first kappa shape index (κ1) is 11.1. The molecule has 2 aromatic rings. The van der Waals surface area contributed by atoms with Crippen molar-refractivity contribution >= 4 is 34.8 Å². The fraction of sp³-hybridized carbons (Fsp3) is 0.111. The first-order chi connectivity index (χ1) is 7.70. The van der Waals surface area contributed by atoms with Crippen LogP contribution in [-0.4, -0.2) is 15.9 Å². The van der Waals surface area contributed by atoms with Gasteiger partial charge >= 0.3 is 0 Å². The van der Waals surface area contributed by atoms with Crippen molar-refractivity contribution in [2.75, 3.05) is 12.4 Å². The molecule has 1 heterocycles. The number of nitrogens with zero attached hydrogens (tertiary/aromatic N) is 2. The van der Waals surface area contributed by atoms with Crippen LogP contribution < -0.4 is 10.1 Å². The SMILES string of the molecule is COc1cc(F)ccc1Nc1nsnc1Cl. The van der Waals surface area contributed by atoms with E-state index in [-0.39, 0.29) is 11.0 Å². The first-order valence-electron chi connectivity index (χ1n) is 4.29. The van der Waals surface area contributed by atoms with Crippen molar-refractivity contribution in [3.05, 3.63) is 29.2 Å². The van der Waals surface area contributed by atoms with E-state index in [1.165, 1.54) is 19.2 Å². The Labute approximate surface area is 100 Å². The Bertz CT molecular complexity index is 505. The summed E-state index contributed by atoms with van der Waals surface area (Å²) in [4.78, 5) is 0. The fourth-order valence-electron chi connectivity index (χ4n) is 1.15. The molecule has 84 valence electrons. The Morgan fingerprint density at radius 3 is 2.88 bits per heavy atom. The van der Waals surface area contributed by atoms with E-state index in [4.69, 9.17) is 16.3 Å². The zero-order valence-electron chi connectivity index (χ0n) is 8.20. The maximum Gasteiger partial charge on any atom is 0.187 e. The molecule has 16 heavy (non-hydrogen) atoms. The molecule has 0 radical (unpaired) electrons. The molecule has 0 saturated heterocycles. The summed E-state index contributed by atoms with van der Waals surface area (Å²) in [5.41, 5.74) is 0.582. The van der Waals surface area contributed by atoms with E-state index < -0.39 is 0 Å². The van der Waals surface area contributed by atoms with Gasteiger partial charge in [-0.1, -0.05) is 11.6 Å². The lowest BCUT2D eigenvalue weighted by Gasteiger charge is -2.08. The first-order valence-corrected chi connectivity index (χ1v) is 5.40. The van der Waals surface area contributed by atoms with Crippen molar-refractivity contribution in [3.8, 4) is 5.75 Å². The van der Waals surface area contributed by atoms with Gasteiger partial charge in [0.2, 0.25) is 0 Å². The predicted octanol–water partition coefficient (Wildman–Crippen LogP) is 3.08. The van der Waals surface area contributed by atoms with Crippen LogP contribution in [0.5, 0.6) is 5.75 Å². The molecular weight excluding hydrogens is 253 g/mol. The summed E-state index contributed by atoms with van der Waals surface area (Å²) in [5, 5.41) is 3.19. The van der Waals surface area contributed by atoms with Crippen molar-refractivity contribution < 1.29 is 9.13 Å². The minimum atomic E-state index is -0.370. The van der Waals surface area contributed by atoms with E-state index in [0.29, 0.717) is 17.3 Å². The van der Waals surface area contributed by atoms with E-state index in [1.807, 2.05) is 0 Å². The van der Waals surface area contributed by atoms with Gasteiger partial charge in [0.1, 0.15) is 11.6 Å². The summed E-state index contributed by atoms with van der Waals surface area (Å²) in [6.07, 6.45) is 0. The summed E-state index contributed by atoms with van der Waals surface area (Å²) >= 11 is 6.77. The highest BCUT2D eigenvalue weighted by molar-refractivity contribution is 6.99. The van der Waals surface area contributed by atoms with Crippen molar-refractivity contribution in [2.45, 2.75) is 0 Å². The number of hydrogen-bond acceptors (Lipinski definition) is 5. The van der Waals surface area contributed by atoms with Crippen LogP contribution in [0.4, 0.5) is 15.9 Å². The van der Waals surface area contributed by atoms with E-state index >= 15 is 0 Å². The molecule has 1 aromatic heterocycles. The second kappa shape index (κ2) is 4.63. The molecule has 0 aliphatic heterocycles. The maximum absolute atomic E-state index is 12.9. The van der Waals surface area contributed by atoms with Crippen LogP contribution >= 0.6 is 23.3 Å². The average molecular weight is 260 g/mol. The molecule has 0 unspecified atom stereocenters. The number of ether oxygens (including phenoxy) is 1. The van der Waals surface area contributed by atoms with Crippen LogP contribution in [0.2, 0.25) is 5.15 Å². The Morgan fingerprint density at radius 2 is 2.25 bits per heavy atom. The molecule has 2 rings (SSSR count). The van der Waals surface area contributed by atoms with E-state index in [1.54, 1.807) is 6.07 Å².